The highest BCUT2D eigenvalue weighted by atomic mass is 16.5. The van der Waals surface area contributed by atoms with Crippen LogP contribution in [0.4, 0.5) is 5.69 Å². The highest BCUT2D eigenvalue weighted by Crippen LogP contribution is 2.15. The minimum atomic E-state index is -0.407. The number of hydrogen-bond donors (Lipinski definition) is 1. The largest absolute Gasteiger partial charge is 0.465 e. The van der Waals surface area contributed by atoms with Crippen molar-refractivity contribution in [2.45, 2.75) is 6.92 Å². The van der Waals surface area contributed by atoms with Gasteiger partial charge in [0, 0.05) is 19.8 Å². The molecular formula is C13H18N2O3. The third-order valence-electron chi connectivity index (χ3n) is 2.45. The van der Waals surface area contributed by atoms with Crippen LogP contribution in [0.3, 0.4) is 0 Å². The molecule has 0 bridgehead atoms. The van der Waals surface area contributed by atoms with Gasteiger partial charge in [-0.1, -0.05) is 12.1 Å². The molecule has 1 aromatic carbocycles. The van der Waals surface area contributed by atoms with Crippen LogP contribution < -0.4 is 5.32 Å². The Balaban J connectivity index is 2.77. The van der Waals surface area contributed by atoms with Crippen molar-refractivity contribution in [3.8, 4) is 0 Å². The molecule has 0 aliphatic rings. The lowest BCUT2D eigenvalue weighted by molar-refractivity contribution is -0.143. The highest BCUT2D eigenvalue weighted by Gasteiger charge is 2.17. The average molecular weight is 250 g/mol. The molecule has 5 heteroatoms. The Hall–Kier alpha value is -2.04. The first kappa shape index (κ1) is 14.0. The molecule has 0 aliphatic carbocycles. The van der Waals surface area contributed by atoms with E-state index in [1.807, 2.05) is 12.1 Å². The molecule has 1 N–H and O–H groups in total. The lowest BCUT2D eigenvalue weighted by Gasteiger charge is -2.17. The average Bonchev–Trinajstić information content (AvgIpc) is 2.38. The van der Waals surface area contributed by atoms with Crippen molar-refractivity contribution >= 4 is 17.6 Å². The van der Waals surface area contributed by atoms with E-state index in [-0.39, 0.29) is 12.5 Å². The van der Waals surface area contributed by atoms with E-state index in [0.717, 1.165) is 5.69 Å². The molecule has 5 nitrogen and oxygen atoms in total. The summed E-state index contributed by atoms with van der Waals surface area (Å²) in [5.74, 6) is -0.622. The minimum Gasteiger partial charge on any atom is -0.465 e. The number of anilines is 1. The smallest absolute Gasteiger partial charge is 0.325 e. The fraction of sp³-hybridized carbons (Fsp3) is 0.385. The van der Waals surface area contributed by atoms with Gasteiger partial charge in [0.25, 0.3) is 5.91 Å². The van der Waals surface area contributed by atoms with Crippen molar-refractivity contribution in [1.82, 2.24) is 4.90 Å². The minimum absolute atomic E-state index is 0.0509. The summed E-state index contributed by atoms with van der Waals surface area (Å²) in [4.78, 5) is 24.8. The first-order valence-electron chi connectivity index (χ1n) is 5.78. The molecule has 0 atom stereocenters. The summed E-state index contributed by atoms with van der Waals surface area (Å²) in [7, 11) is 3.32. The van der Waals surface area contributed by atoms with Crippen LogP contribution in [0, 0.1) is 0 Å². The quantitative estimate of drug-likeness (QED) is 0.802. The van der Waals surface area contributed by atoms with E-state index in [9.17, 15) is 9.59 Å². The number of likely N-dealkylation sites (N-methyl/N-ethyl adjacent to an activating group) is 1. The lowest BCUT2D eigenvalue weighted by atomic mass is 10.1. The van der Waals surface area contributed by atoms with Gasteiger partial charge in [-0.05, 0) is 19.1 Å². The Labute approximate surface area is 107 Å². The zero-order valence-electron chi connectivity index (χ0n) is 10.9. The predicted octanol–water partition coefficient (Wildman–Crippen LogP) is 1.36. The number of benzene rings is 1. The molecule has 1 amide bonds. The van der Waals surface area contributed by atoms with Crippen LogP contribution in [-0.4, -0.2) is 44.0 Å². The van der Waals surface area contributed by atoms with Crippen molar-refractivity contribution in [1.29, 1.82) is 0 Å². The van der Waals surface area contributed by atoms with Gasteiger partial charge in [0.1, 0.15) is 6.54 Å². The van der Waals surface area contributed by atoms with Crippen LogP contribution in [0.2, 0.25) is 0 Å². The second-order valence-electron chi connectivity index (χ2n) is 3.76. The number of para-hydroxylation sites is 1. The van der Waals surface area contributed by atoms with Crippen molar-refractivity contribution in [2.75, 3.05) is 32.6 Å². The number of nitrogens with zero attached hydrogens (tertiary/aromatic N) is 1. The van der Waals surface area contributed by atoms with Crippen LogP contribution in [0.1, 0.15) is 17.3 Å². The van der Waals surface area contributed by atoms with Gasteiger partial charge in [0.2, 0.25) is 0 Å². The molecule has 1 aromatic rings. The van der Waals surface area contributed by atoms with E-state index in [1.54, 1.807) is 33.2 Å². The Morgan fingerprint density at radius 2 is 2.00 bits per heavy atom. The van der Waals surface area contributed by atoms with Crippen molar-refractivity contribution in [3.05, 3.63) is 29.8 Å². The Bertz CT molecular complexity index is 432. The molecule has 98 valence electrons. The SMILES string of the molecule is CCOC(=O)CN(C)C(=O)c1ccccc1NC. The molecule has 0 aromatic heterocycles. The van der Waals surface area contributed by atoms with E-state index in [2.05, 4.69) is 5.32 Å². The normalized spacial score (nSPS) is 9.72. The molecule has 0 spiro atoms. The van der Waals surface area contributed by atoms with E-state index < -0.39 is 5.97 Å². The van der Waals surface area contributed by atoms with Gasteiger partial charge >= 0.3 is 5.97 Å². The van der Waals surface area contributed by atoms with E-state index in [4.69, 9.17) is 4.74 Å². The standard InChI is InChI=1S/C13H18N2O3/c1-4-18-12(16)9-15(3)13(17)10-7-5-6-8-11(10)14-2/h5-8,14H,4,9H2,1-3H3. The molecule has 1 rings (SSSR count). The second-order valence-corrected chi connectivity index (χ2v) is 3.76. The molecular weight excluding hydrogens is 232 g/mol. The summed E-state index contributed by atoms with van der Waals surface area (Å²) < 4.78 is 4.81. The van der Waals surface area contributed by atoms with Crippen LogP contribution >= 0.6 is 0 Å². The number of esters is 1. The number of nitrogens with one attached hydrogen (secondary N) is 1. The van der Waals surface area contributed by atoms with Crippen LogP contribution in [0.5, 0.6) is 0 Å². The number of carbonyl (C=O) groups excluding carboxylic acids is 2. The first-order valence-corrected chi connectivity index (χ1v) is 5.78. The van der Waals surface area contributed by atoms with Gasteiger partial charge in [-0.2, -0.15) is 0 Å². The summed E-state index contributed by atoms with van der Waals surface area (Å²) in [5.41, 5.74) is 1.27. The maximum atomic E-state index is 12.1. The molecule has 18 heavy (non-hydrogen) atoms. The summed E-state index contributed by atoms with van der Waals surface area (Å²) in [6.07, 6.45) is 0. The van der Waals surface area contributed by atoms with E-state index in [1.165, 1.54) is 4.90 Å². The zero-order chi connectivity index (χ0) is 13.5. The van der Waals surface area contributed by atoms with Gasteiger partial charge in [-0.3, -0.25) is 9.59 Å². The molecule has 0 heterocycles. The lowest BCUT2D eigenvalue weighted by Crippen LogP contribution is -2.33. The first-order chi connectivity index (χ1) is 8.60. The molecule has 0 fully saturated rings. The molecule has 0 aliphatic heterocycles. The van der Waals surface area contributed by atoms with E-state index >= 15 is 0 Å². The fourth-order valence-corrected chi connectivity index (χ4v) is 1.57. The van der Waals surface area contributed by atoms with Gasteiger partial charge < -0.3 is 15.0 Å². The number of rotatable bonds is 5. The molecule has 0 unspecified atom stereocenters. The maximum Gasteiger partial charge on any atom is 0.325 e. The number of ether oxygens (including phenoxy) is 1. The van der Waals surface area contributed by atoms with Gasteiger partial charge in [-0.25, -0.2) is 0 Å². The van der Waals surface area contributed by atoms with Crippen molar-refractivity contribution in [2.24, 2.45) is 0 Å². The van der Waals surface area contributed by atoms with Crippen molar-refractivity contribution in [3.63, 3.8) is 0 Å². The number of hydrogen-bond acceptors (Lipinski definition) is 4. The Morgan fingerprint density at radius 1 is 1.33 bits per heavy atom. The summed E-state index contributed by atoms with van der Waals surface area (Å²) in [6, 6.07) is 7.15. The molecule has 0 saturated heterocycles. The third kappa shape index (κ3) is 3.48. The van der Waals surface area contributed by atoms with Crippen molar-refractivity contribution < 1.29 is 14.3 Å². The Morgan fingerprint density at radius 3 is 2.61 bits per heavy atom. The molecule has 0 radical (unpaired) electrons. The van der Waals surface area contributed by atoms with Crippen LogP contribution in [-0.2, 0) is 9.53 Å². The topological polar surface area (TPSA) is 58.6 Å². The van der Waals surface area contributed by atoms with Crippen LogP contribution in [0.25, 0.3) is 0 Å². The zero-order valence-corrected chi connectivity index (χ0v) is 10.9. The third-order valence-corrected chi connectivity index (χ3v) is 2.45. The summed E-state index contributed by atoms with van der Waals surface area (Å²) in [6.45, 7) is 1.99. The Kier molecular flexibility index (Phi) is 5.17. The maximum absolute atomic E-state index is 12.1. The highest BCUT2D eigenvalue weighted by molar-refractivity contribution is 6.00. The second kappa shape index (κ2) is 6.64. The summed E-state index contributed by atoms with van der Waals surface area (Å²) in [5, 5.41) is 2.95. The van der Waals surface area contributed by atoms with E-state index in [0.29, 0.717) is 12.2 Å². The number of amides is 1. The monoisotopic (exact) mass is 250 g/mol. The van der Waals surface area contributed by atoms with Crippen LogP contribution in [0.15, 0.2) is 24.3 Å². The van der Waals surface area contributed by atoms with Gasteiger partial charge in [-0.15, -0.1) is 0 Å². The fourth-order valence-electron chi connectivity index (χ4n) is 1.57. The van der Waals surface area contributed by atoms with Gasteiger partial charge in [0.15, 0.2) is 0 Å². The number of carbonyl (C=O) groups is 2. The summed E-state index contributed by atoms with van der Waals surface area (Å²) >= 11 is 0. The molecule has 0 saturated carbocycles. The predicted molar refractivity (Wildman–Crippen MR) is 69.6 cm³/mol. The van der Waals surface area contributed by atoms with Gasteiger partial charge in [0.05, 0.1) is 12.2 Å².